The number of hydrogen-bond donors (Lipinski definition) is 0. The van der Waals surface area contributed by atoms with E-state index in [0.717, 1.165) is 5.76 Å². The second-order valence-electron chi connectivity index (χ2n) is 4.92. The Morgan fingerprint density at radius 3 is 1.92 bits per heavy atom. The molecule has 0 spiro atoms. The maximum Gasteiger partial charge on any atom is 0.119 e. The van der Waals surface area contributed by atoms with E-state index in [9.17, 15) is 0 Å². The average molecular weight is 292 g/mol. The van der Waals surface area contributed by atoms with E-state index in [1.54, 1.807) is 0 Å². The Bertz CT molecular complexity index is 257. The minimum Gasteiger partial charge on any atom is -0.468 e. The van der Waals surface area contributed by atoms with Gasteiger partial charge in [-0.05, 0) is 30.9 Å². The fourth-order valence-corrected chi connectivity index (χ4v) is 1.32. The standard InChI is InChI=1S/C11H17IO/c1-10(2,3)8-6-9(13-7-8)11(4,5)12/h6-7H,1-5H3. The molecule has 0 fully saturated rings. The van der Waals surface area contributed by atoms with Gasteiger partial charge in [0.15, 0.2) is 0 Å². The molecule has 1 aromatic rings. The minimum atomic E-state index is 0.0846. The first kappa shape index (κ1) is 11.1. The quantitative estimate of drug-likeness (QED) is 0.557. The second kappa shape index (κ2) is 3.30. The highest BCUT2D eigenvalue weighted by atomic mass is 127. The monoisotopic (exact) mass is 292 g/mol. The third-order valence-electron chi connectivity index (χ3n) is 2.05. The van der Waals surface area contributed by atoms with Gasteiger partial charge in [-0.25, -0.2) is 0 Å². The Labute approximate surface area is 94.0 Å². The van der Waals surface area contributed by atoms with Crippen molar-refractivity contribution in [1.29, 1.82) is 0 Å². The van der Waals surface area contributed by atoms with Crippen molar-refractivity contribution >= 4 is 22.6 Å². The summed E-state index contributed by atoms with van der Waals surface area (Å²) in [4.78, 5) is 0. The van der Waals surface area contributed by atoms with Crippen molar-refractivity contribution in [2.45, 2.75) is 43.5 Å². The lowest BCUT2D eigenvalue weighted by atomic mass is 9.89. The van der Waals surface area contributed by atoms with Crippen molar-refractivity contribution in [3.8, 4) is 0 Å². The lowest BCUT2D eigenvalue weighted by Gasteiger charge is -2.15. The molecule has 0 saturated carbocycles. The number of alkyl halides is 1. The second-order valence-corrected chi connectivity index (χ2v) is 7.62. The molecule has 0 amide bonds. The van der Waals surface area contributed by atoms with Crippen molar-refractivity contribution < 1.29 is 4.42 Å². The van der Waals surface area contributed by atoms with Gasteiger partial charge in [-0.3, -0.25) is 0 Å². The maximum atomic E-state index is 5.55. The SMILES string of the molecule is CC(C)(C)c1coc(C(C)(C)I)c1. The van der Waals surface area contributed by atoms with E-state index in [4.69, 9.17) is 4.42 Å². The van der Waals surface area contributed by atoms with Gasteiger partial charge < -0.3 is 4.42 Å². The summed E-state index contributed by atoms with van der Waals surface area (Å²) < 4.78 is 5.63. The smallest absolute Gasteiger partial charge is 0.119 e. The molecule has 0 aliphatic heterocycles. The normalized spacial score (nSPS) is 13.4. The molecule has 0 N–H and O–H groups in total. The Balaban J connectivity index is 3.01. The third kappa shape index (κ3) is 2.73. The molecule has 1 aromatic heterocycles. The predicted octanol–water partition coefficient (Wildman–Crippen LogP) is 4.25. The summed E-state index contributed by atoms with van der Waals surface area (Å²) in [5.41, 5.74) is 1.45. The van der Waals surface area contributed by atoms with Gasteiger partial charge in [-0.1, -0.05) is 43.4 Å². The van der Waals surface area contributed by atoms with Crippen molar-refractivity contribution in [3.05, 3.63) is 23.7 Å². The molecular weight excluding hydrogens is 275 g/mol. The van der Waals surface area contributed by atoms with Crippen LogP contribution < -0.4 is 0 Å². The van der Waals surface area contributed by atoms with E-state index in [1.165, 1.54) is 5.56 Å². The lowest BCUT2D eigenvalue weighted by Crippen LogP contribution is -2.10. The van der Waals surface area contributed by atoms with Crippen LogP contribution in [0, 0.1) is 0 Å². The highest BCUT2D eigenvalue weighted by Gasteiger charge is 2.23. The van der Waals surface area contributed by atoms with Crippen molar-refractivity contribution in [1.82, 2.24) is 0 Å². The van der Waals surface area contributed by atoms with Crippen molar-refractivity contribution in [2.24, 2.45) is 0 Å². The van der Waals surface area contributed by atoms with E-state index in [1.807, 2.05) is 6.26 Å². The fourth-order valence-electron chi connectivity index (χ4n) is 1.04. The number of halogens is 1. The van der Waals surface area contributed by atoms with Crippen LogP contribution in [0.15, 0.2) is 16.7 Å². The molecule has 74 valence electrons. The molecule has 0 aliphatic carbocycles. The molecule has 0 aromatic carbocycles. The zero-order chi connectivity index (χ0) is 10.3. The minimum absolute atomic E-state index is 0.0846. The molecule has 0 aliphatic rings. The summed E-state index contributed by atoms with van der Waals surface area (Å²) in [5, 5.41) is 0. The number of hydrogen-bond acceptors (Lipinski definition) is 1. The predicted molar refractivity (Wildman–Crippen MR) is 64.5 cm³/mol. The molecule has 2 heteroatoms. The first-order chi connectivity index (χ1) is 5.71. The maximum absolute atomic E-state index is 5.55. The van der Waals surface area contributed by atoms with E-state index in [0.29, 0.717) is 0 Å². The van der Waals surface area contributed by atoms with Crippen LogP contribution in [0.4, 0.5) is 0 Å². The van der Waals surface area contributed by atoms with E-state index in [2.05, 4.69) is 63.3 Å². The van der Waals surface area contributed by atoms with Crippen LogP contribution in [-0.4, -0.2) is 0 Å². The van der Waals surface area contributed by atoms with E-state index < -0.39 is 0 Å². The van der Waals surface area contributed by atoms with Crippen LogP contribution in [-0.2, 0) is 8.84 Å². The molecule has 0 atom stereocenters. The van der Waals surface area contributed by atoms with Crippen molar-refractivity contribution in [3.63, 3.8) is 0 Å². The Morgan fingerprint density at radius 1 is 1.15 bits per heavy atom. The third-order valence-corrected chi connectivity index (χ3v) is 2.58. The number of rotatable bonds is 1. The largest absolute Gasteiger partial charge is 0.468 e. The molecule has 0 saturated heterocycles. The molecule has 13 heavy (non-hydrogen) atoms. The lowest BCUT2D eigenvalue weighted by molar-refractivity contribution is 0.472. The van der Waals surface area contributed by atoms with Crippen LogP contribution in [0.2, 0.25) is 0 Å². The summed E-state index contributed by atoms with van der Waals surface area (Å²) in [6, 6.07) is 2.16. The molecule has 1 heterocycles. The zero-order valence-corrected chi connectivity index (χ0v) is 11.1. The average Bonchev–Trinajstić information content (AvgIpc) is 2.28. The Hall–Kier alpha value is 0.01000. The number of furan rings is 1. The zero-order valence-electron chi connectivity index (χ0n) is 8.94. The fraction of sp³-hybridized carbons (Fsp3) is 0.636. The van der Waals surface area contributed by atoms with Gasteiger partial charge in [0.1, 0.15) is 5.76 Å². The molecule has 1 nitrogen and oxygen atoms in total. The highest BCUT2D eigenvalue weighted by molar-refractivity contribution is 14.1. The van der Waals surface area contributed by atoms with Crippen LogP contribution in [0.25, 0.3) is 0 Å². The Kier molecular flexibility index (Phi) is 2.81. The summed E-state index contributed by atoms with van der Waals surface area (Å²) in [5.74, 6) is 1.05. The topological polar surface area (TPSA) is 13.1 Å². The van der Waals surface area contributed by atoms with Crippen LogP contribution in [0.5, 0.6) is 0 Å². The highest BCUT2D eigenvalue weighted by Crippen LogP contribution is 2.34. The van der Waals surface area contributed by atoms with E-state index in [-0.39, 0.29) is 8.84 Å². The van der Waals surface area contributed by atoms with Gasteiger partial charge in [-0.15, -0.1) is 0 Å². The molecule has 0 radical (unpaired) electrons. The first-order valence-electron chi connectivity index (χ1n) is 4.49. The van der Waals surface area contributed by atoms with Gasteiger partial charge in [0.2, 0.25) is 0 Å². The summed E-state index contributed by atoms with van der Waals surface area (Å²) >= 11 is 2.39. The summed E-state index contributed by atoms with van der Waals surface area (Å²) in [7, 11) is 0. The van der Waals surface area contributed by atoms with Crippen LogP contribution >= 0.6 is 22.6 Å². The van der Waals surface area contributed by atoms with Gasteiger partial charge in [0, 0.05) is 0 Å². The van der Waals surface area contributed by atoms with Gasteiger partial charge in [0.05, 0.1) is 9.68 Å². The van der Waals surface area contributed by atoms with Crippen LogP contribution in [0.1, 0.15) is 45.9 Å². The summed E-state index contributed by atoms with van der Waals surface area (Å²) in [6.45, 7) is 10.9. The van der Waals surface area contributed by atoms with Crippen LogP contribution in [0.3, 0.4) is 0 Å². The van der Waals surface area contributed by atoms with Gasteiger partial charge >= 0.3 is 0 Å². The summed E-state index contributed by atoms with van der Waals surface area (Å²) in [6.07, 6.45) is 1.87. The molecular formula is C11H17IO. The van der Waals surface area contributed by atoms with Gasteiger partial charge in [0.25, 0.3) is 0 Å². The first-order valence-corrected chi connectivity index (χ1v) is 5.57. The van der Waals surface area contributed by atoms with Gasteiger partial charge in [-0.2, -0.15) is 0 Å². The molecule has 0 bridgehead atoms. The Morgan fingerprint density at radius 2 is 1.69 bits per heavy atom. The molecule has 0 unspecified atom stereocenters. The van der Waals surface area contributed by atoms with E-state index >= 15 is 0 Å². The van der Waals surface area contributed by atoms with Crippen molar-refractivity contribution in [2.75, 3.05) is 0 Å². The molecule has 1 rings (SSSR count).